The zero-order valence-electron chi connectivity index (χ0n) is 13.9. The summed E-state index contributed by atoms with van der Waals surface area (Å²) in [5.74, 6) is 0. The van der Waals surface area contributed by atoms with E-state index in [1.54, 1.807) is 6.07 Å². The molecular formula is C17H19N3O2S. The first kappa shape index (κ1) is 15.7. The summed E-state index contributed by atoms with van der Waals surface area (Å²) in [7, 11) is -3.80. The first-order valence-corrected chi connectivity index (χ1v) is 8.82. The number of rotatable bonds is 2. The fourth-order valence-electron chi connectivity index (χ4n) is 2.84. The van der Waals surface area contributed by atoms with E-state index in [2.05, 4.69) is 10.3 Å². The van der Waals surface area contributed by atoms with Crippen LogP contribution in [0.25, 0.3) is 11.0 Å². The molecule has 0 aliphatic carbocycles. The number of nitrogens with zero attached hydrogens (tertiary/aromatic N) is 3. The van der Waals surface area contributed by atoms with E-state index in [1.165, 1.54) is 0 Å². The minimum Gasteiger partial charge on any atom is -0.199 e. The molecule has 0 aliphatic rings. The highest BCUT2D eigenvalue weighted by molar-refractivity contribution is 7.90. The van der Waals surface area contributed by atoms with Gasteiger partial charge in [-0.3, -0.25) is 0 Å². The van der Waals surface area contributed by atoms with Crippen molar-refractivity contribution >= 4 is 21.1 Å². The standard InChI is InChI=1S/C17H19N3O2S/c1-10-6-7-16-15(8-10)18-19-20(16)23(21,22)17-13(4)11(2)9-12(3)14(17)5/h6-9H,1-5H3. The molecule has 0 atom stereocenters. The molecule has 2 aromatic carbocycles. The van der Waals surface area contributed by atoms with Crippen LogP contribution in [0.3, 0.4) is 0 Å². The lowest BCUT2D eigenvalue weighted by molar-refractivity contribution is 0.578. The normalized spacial score (nSPS) is 12.0. The molecule has 0 saturated carbocycles. The zero-order valence-corrected chi connectivity index (χ0v) is 14.7. The summed E-state index contributed by atoms with van der Waals surface area (Å²) in [6.07, 6.45) is 0. The maximum atomic E-state index is 13.2. The molecule has 6 heteroatoms. The van der Waals surface area contributed by atoms with Gasteiger partial charge in [-0.2, -0.15) is 8.42 Å². The van der Waals surface area contributed by atoms with E-state index in [0.717, 1.165) is 31.9 Å². The Balaban J connectivity index is 2.35. The summed E-state index contributed by atoms with van der Waals surface area (Å²) in [6, 6.07) is 7.44. The highest BCUT2D eigenvalue weighted by Gasteiger charge is 2.26. The van der Waals surface area contributed by atoms with Gasteiger partial charge in [-0.25, -0.2) is 0 Å². The quantitative estimate of drug-likeness (QED) is 0.724. The number of benzene rings is 2. The molecule has 1 heterocycles. The van der Waals surface area contributed by atoms with E-state index < -0.39 is 10.0 Å². The highest BCUT2D eigenvalue weighted by atomic mass is 32.2. The Bertz CT molecular complexity index is 1010. The SMILES string of the molecule is Cc1ccc2c(c1)nnn2S(=O)(=O)c1c(C)c(C)cc(C)c1C. The predicted molar refractivity (Wildman–Crippen MR) is 90.2 cm³/mol. The monoisotopic (exact) mass is 329 g/mol. The summed E-state index contributed by atoms with van der Waals surface area (Å²) in [4.78, 5) is 0.322. The molecule has 0 fully saturated rings. The van der Waals surface area contributed by atoms with Gasteiger partial charge in [0, 0.05) is 0 Å². The van der Waals surface area contributed by atoms with Crippen LogP contribution in [-0.4, -0.2) is 22.8 Å². The van der Waals surface area contributed by atoms with Gasteiger partial charge in [-0.1, -0.05) is 17.3 Å². The Morgan fingerprint density at radius 2 is 1.52 bits per heavy atom. The predicted octanol–water partition coefficient (Wildman–Crippen LogP) is 3.21. The molecule has 0 bridgehead atoms. The third-order valence-corrected chi connectivity index (χ3v) is 6.21. The van der Waals surface area contributed by atoms with E-state index in [1.807, 2.05) is 52.8 Å². The van der Waals surface area contributed by atoms with Crippen LogP contribution >= 0.6 is 0 Å². The molecule has 0 amide bonds. The fourth-order valence-corrected chi connectivity index (χ4v) is 4.66. The maximum Gasteiger partial charge on any atom is 0.285 e. The Morgan fingerprint density at radius 1 is 0.913 bits per heavy atom. The minimum absolute atomic E-state index is 0.322. The van der Waals surface area contributed by atoms with Crippen LogP contribution in [0, 0.1) is 34.6 Å². The Kier molecular flexibility index (Phi) is 3.52. The van der Waals surface area contributed by atoms with Crippen LogP contribution in [0.2, 0.25) is 0 Å². The fraction of sp³-hybridized carbons (Fsp3) is 0.294. The summed E-state index contributed by atoms with van der Waals surface area (Å²) >= 11 is 0. The maximum absolute atomic E-state index is 13.2. The average Bonchev–Trinajstić information content (AvgIpc) is 2.88. The van der Waals surface area contributed by atoms with E-state index >= 15 is 0 Å². The molecule has 0 saturated heterocycles. The van der Waals surface area contributed by atoms with Crippen molar-refractivity contribution in [3.05, 3.63) is 52.1 Å². The number of fused-ring (bicyclic) bond motifs is 1. The van der Waals surface area contributed by atoms with E-state index in [9.17, 15) is 8.42 Å². The van der Waals surface area contributed by atoms with Gasteiger partial charge in [-0.15, -0.1) is 9.19 Å². The summed E-state index contributed by atoms with van der Waals surface area (Å²) < 4.78 is 27.4. The van der Waals surface area contributed by atoms with Crippen LogP contribution in [0.15, 0.2) is 29.2 Å². The summed E-state index contributed by atoms with van der Waals surface area (Å²) in [5.41, 5.74) is 5.49. The molecular weight excluding hydrogens is 310 g/mol. The lowest BCUT2D eigenvalue weighted by Crippen LogP contribution is -2.18. The first-order valence-electron chi connectivity index (χ1n) is 7.38. The van der Waals surface area contributed by atoms with Gasteiger partial charge in [0.15, 0.2) is 0 Å². The summed E-state index contributed by atoms with van der Waals surface area (Å²) in [5, 5.41) is 7.91. The Hall–Kier alpha value is -2.21. The molecule has 0 radical (unpaired) electrons. The van der Waals surface area contributed by atoms with Gasteiger partial charge in [0.1, 0.15) is 11.0 Å². The molecule has 0 unspecified atom stereocenters. The van der Waals surface area contributed by atoms with E-state index in [4.69, 9.17) is 0 Å². The average molecular weight is 329 g/mol. The molecule has 0 aliphatic heterocycles. The van der Waals surface area contributed by atoms with Crippen molar-refractivity contribution in [1.82, 2.24) is 14.4 Å². The van der Waals surface area contributed by atoms with Gasteiger partial charge < -0.3 is 0 Å². The molecule has 23 heavy (non-hydrogen) atoms. The second kappa shape index (κ2) is 5.16. The number of hydrogen-bond donors (Lipinski definition) is 0. The van der Waals surface area contributed by atoms with Gasteiger partial charge in [0.2, 0.25) is 0 Å². The van der Waals surface area contributed by atoms with Gasteiger partial charge in [0.25, 0.3) is 10.0 Å². The van der Waals surface area contributed by atoms with Crippen LogP contribution < -0.4 is 0 Å². The minimum atomic E-state index is -3.80. The largest absolute Gasteiger partial charge is 0.285 e. The molecule has 0 spiro atoms. The van der Waals surface area contributed by atoms with Crippen molar-refractivity contribution in [1.29, 1.82) is 0 Å². The Morgan fingerprint density at radius 3 is 2.13 bits per heavy atom. The van der Waals surface area contributed by atoms with Crippen molar-refractivity contribution < 1.29 is 8.42 Å². The van der Waals surface area contributed by atoms with Gasteiger partial charge in [0.05, 0.1) is 4.90 Å². The molecule has 3 rings (SSSR count). The lowest BCUT2D eigenvalue weighted by Gasteiger charge is -2.15. The van der Waals surface area contributed by atoms with Crippen LogP contribution in [0.1, 0.15) is 27.8 Å². The second-order valence-electron chi connectivity index (χ2n) is 6.02. The van der Waals surface area contributed by atoms with Crippen LogP contribution in [-0.2, 0) is 10.0 Å². The van der Waals surface area contributed by atoms with Crippen LogP contribution in [0.4, 0.5) is 0 Å². The van der Waals surface area contributed by atoms with E-state index in [0.29, 0.717) is 15.9 Å². The van der Waals surface area contributed by atoms with Crippen molar-refractivity contribution in [2.75, 3.05) is 0 Å². The third kappa shape index (κ3) is 2.34. The third-order valence-electron chi connectivity index (χ3n) is 4.35. The molecule has 1 aromatic heterocycles. The van der Waals surface area contributed by atoms with Gasteiger partial charge in [-0.05, 0) is 74.6 Å². The van der Waals surface area contributed by atoms with Crippen molar-refractivity contribution in [2.45, 2.75) is 39.5 Å². The smallest absolute Gasteiger partial charge is 0.199 e. The zero-order chi connectivity index (χ0) is 16.9. The lowest BCUT2D eigenvalue weighted by atomic mass is 10.0. The first-order chi connectivity index (χ1) is 10.7. The second-order valence-corrected chi connectivity index (χ2v) is 7.72. The summed E-state index contributed by atoms with van der Waals surface area (Å²) in [6.45, 7) is 9.44. The van der Waals surface area contributed by atoms with E-state index in [-0.39, 0.29) is 0 Å². The molecule has 120 valence electrons. The topological polar surface area (TPSA) is 64.8 Å². The molecule has 0 N–H and O–H groups in total. The van der Waals surface area contributed by atoms with Gasteiger partial charge >= 0.3 is 0 Å². The van der Waals surface area contributed by atoms with Crippen molar-refractivity contribution in [3.63, 3.8) is 0 Å². The highest BCUT2D eigenvalue weighted by Crippen LogP contribution is 2.29. The van der Waals surface area contributed by atoms with Crippen molar-refractivity contribution in [3.8, 4) is 0 Å². The van der Waals surface area contributed by atoms with Crippen molar-refractivity contribution in [2.24, 2.45) is 0 Å². The number of aryl methyl sites for hydroxylation is 3. The molecule has 3 aromatic rings. The Labute approximate surface area is 136 Å². The molecule has 5 nitrogen and oxygen atoms in total. The number of aromatic nitrogens is 3. The van der Waals surface area contributed by atoms with Crippen LogP contribution in [0.5, 0.6) is 0 Å². The number of hydrogen-bond acceptors (Lipinski definition) is 4.